The number of benzene rings is 3. The summed E-state index contributed by atoms with van der Waals surface area (Å²) in [6.07, 6.45) is 1.49. The average Bonchev–Trinajstić information content (AvgIpc) is 2.83. The minimum atomic E-state index is -0.613. The molecule has 172 valence electrons. The van der Waals surface area contributed by atoms with Gasteiger partial charge in [-0.3, -0.25) is 9.59 Å². The minimum Gasteiger partial charge on any atom is -0.354 e. The maximum Gasteiger partial charge on any atom is 0.243 e. The fourth-order valence-electron chi connectivity index (χ4n) is 3.77. The predicted octanol–water partition coefficient (Wildman–Crippen LogP) is 5.36. The van der Waals surface area contributed by atoms with Crippen molar-refractivity contribution in [3.05, 3.63) is 106 Å². The number of aryl methyl sites for hydroxylation is 1. The van der Waals surface area contributed by atoms with Gasteiger partial charge in [-0.1, -0.05) is 85.3 Å². The van der Waals surface area contributed by atoms with Crippen molar-refractivity contribution >= 4 is 23.4 Å². The molecule has 1 unspecified atom stereocenters. The normalized spacial score (nSPS) is 11.6. The molecule has 1 atom stereocenters. The third-order valence-corrected chi connectivity index (χ3v) is 5.94. The molecule has 4 nitrogen and oxygen atoms in total. The maximum absolute atomic E-state index is 13.6. The number of amides is 2. The molecule has 2 amide bonds. The van der Waals surface area contributed by atoms with Gasteiger partial charge < -0.3 is 10.2 Å². The van der Waals surface area contributed by atoms with Crippen LogP contribution in [0.1, 0.15) is 35.6 Å². The molecule has 3 aromatic carbocycles. The van der Waals surface area contributed by atoms with E-state index in [1.807, 2.05) is 80.6 Å². The van der Waals surface area contributed by atoms with E-state index in [2.05, 4.69) is 5.32 Å². The molecule has 0 spiro atoms. The number of nitrogens with zero attached hydrogens (tertiary/aromatic N) is 1. The number of hydrogen-bond donors (Lipinski definition) is 1. The summed E-state index contributed by atoms with van der Waals surface area (Å²) in [6, 6.07) is 24.5. The van der Waals surface area contributed by atoms with Crippen molar-refractivity contribution in [1.82, 2.24) is 10.2 Å². The van der Waals surface area contributed by atoms with Gasteiger partial charge in [-0.25, -0.2) is 0 Å². The van der Waals surface area contributed by atoms with Crippen molar-refractivity contribution < 1.29 is 9.59 Å². The highest BCUT2D eigenvalue weighted by molar-refractivity contribution is 6.30. The maximum atomic E-state index is 13.6. The summed E-state index contributed by atoms with van der Waals surface area (Å²) in [5.74, 6) is -0.216. The van der Waals surface area contributed by atoms with Gasteiger partial charge in [0.15, 0.2) is 0 Å². The molecule has 0 aliphatic heterocycles. The highest BCUT2D eigenvalue weighted by Gasteiger charge is 2.30. The summed E-state index contributed by atoms with van der Waals surface area (Å²) in [6.45, 7) is 4.99. The van der Waals surface area contributed by atoms with Gasteiger partial charge in [-0.2, -0.15) is 0 Å². The molecular weight excluding hydrogens is 432 g/mol. The lowest BCUT2D eigenvalue weighted by atomic mass is 10.0. The first-order valence-corrected chi connectivity index (χ1v) is 11.8. The topological polar surface area (TPSA) is 49.4 Å². The molecule has 0 saturated heterocycles. The Morgan fingerprint density at radius 3 is 2.24 bits per heavy atom. The van der Waals surface area contributed by atoms with Gasteiger partial charge in [0, 0.05) is 24.5 Å². The van der Waals surface area contributed by atoms with E-state index in [1.54, 1.807) is 17.0 Å². The quantitative estimate of drug-likeness (QED) is 0.441. The molecular formula is C28H31ClN2O2. The van der Waals surface area contributed by atoms with Gasteiger partial charge in [0.25, 0.3) is 0 Å². The Bertz CT molecular complexity index is 1050. The summed E-state index contributed by atoms with van der Waals surface area (Å²) >= 11 is 6.02. The Balaban J connectivity index is 1.95. The van der Waals surface area contributed by atoms with E-state index in [4.69, 9.17) is 11.6 Å². The van der Waals surface area contributed by atoms with Crippen LogP contribution in [0.5, 0.6) is 0 Å². The molecule has 33 heavy (non-hydrogen) atoms. The van der Waals surface area contributed by atoms with Crippen LogP contribution < -0.4 is 5.32 Å². The SMILES string of the molecule is CCCNC(=O)C(Cc1ccccc1)N(Cc1ccccc1C)C(=O)Cc1ccc(Cl)cc1. The van der Waals surface area contributed by atoms with Crippen LogP contribution >= 0.6 is 11.6 Å². The number of rotatable bonds is 10. The second kappa shape index (κ2) is 12.2. The molecule has 3 aromatic rings. The van der Waals surface area contributed by atoms with Gasteiger partial charge in [0.1, 0.15) is 6.04 Å². The predicted molar refractivity (Wildman–Crippen MR) is 134 cm³/mol. The second-order valence-electron chi connectivity index (χ2n) is 8.25. The summed E-state index contributed by atoms with van der Waals surface area (Å²) < 4.78 is 0. The number of hydrogen-bond acceptors (Lipinski definition) is 2. The van der Waals surface area contributed by atoms with Crippen LogP contribution in [0.15, 0.2) is 78.9 Å². The van der Waals surface area contributed by atoms with Crippen molar-refractivity contribution in [3.63, 3.8) is 0 Å². The first kappa shape index (κ1) is 24.5. The van der Waals surface area contributed by atoms with E-state index >= 15 is 0 Å². The summed E-state index contributed by atoms with van der Waals surface area (Å²) in [4.78, 5) is 28.7. The summed E-state index contributed by atoms with van der Waals surface area (Å²) in [7, 11) is 0. The summed E-state index contributed by atoms with van der Waals surface area (Å²) in [5.41, 5.74) is 4.01. The molecule has 0 aliphatic rings. The minimum absolute atomic E-state index is 0.0897. The molecule has 5 heteroatoms. The first-order valence-electron chi connectivity index (χ1n) is 11.4. The van der Waals surface area contributed by atoms with E-state index in [0.29, 0.717) is 24.5 Å². The van der Waals surface area contributed by atoms with Crippen LogP contribution in [0, 0.1) is 6.92 Å². The Kier molecular flexibility index (Phi) is 9.08. The fraction of sp³-hybridized carbons (Fsp3) is 0.286. The fourth-order valence-corrected chi connectivity index (χ4v) is 3.90. The van der Waals surface area contributed by atoms with E-state index in [0.717, 1.165) is 28.7 Å². The molecule has 0 saturated carbocycles. The zero-order chi connectivity index (χ0) is 23.6. The van der Waals surface area contributed by atoms with E-state index in [9.17, 15) is 9.59 Å². The third kappa shape index (κ3) is 7.19. The van der Waals surface area contributed by atoms with Crippen molar-refractivity contribution in [2.45, 2.75) is 45.7 Å². The Hall–Kier alpha value is -3.11. The number of carbonyl (C=O) groups is 2. The zero-order valence-corrected chi connectivity index (χ0v) is 20.0. The lowest BCUT2D eigenvalue weighted by molar-refractivity contribution is -0.140. The van der Waals surface area contributed by atoms with Crippen molar-refractivity contribution in [2.75, 3.05) is 6.54 Å². The smallest absolute Gasteiger partial charge is 0.243 e. The van der Waals surface area contributed by atoms with Crippen LogP contribution in [0.4, 0.5) is 0 Å². The van der Waals surface area contributed by atoms with Gasteiger partial charge in [-0.05, 0) is 47.7 Å². The van der Waals surface area contributed by atoms with E-state index in [1.165, 1.54) is 0 Å². The highest BCUT2D eigenvalue weighted by Crippen LogP contribution is 2.19. The Labute approximate surface area is 201 Å². The van der Waals surface area contributed by atoms with Gasteiger partial charge in [0.2, 0.25) is 11.8 Å². The molecule has 3 rings (SSSR count). The molecule has 0 aliphatic carbocycles. The van der Waals surface area contributed by atoms with Crippen molar-refractivity contribution in [3.8, 4) is 0 Å². The third-order valence-electron chi connectivity index (χ3n) is 5.69. The Morgan fingerprint density at radius 1 is 0.909 bits per heavy atom. The van der Waals surface area contributed by atoms with Crippen LogP contribution in [0.2, 0.25) is 5.02 Å². The summed E-state index contributed by atoms with van der Waals surface area (Å²) in [5, 5.41) is 3.64. The number of carbonyl (C=O) groups excluding carboxylic acids is 2. The largest absolute Gasteiger partial charge is 0.354 e. The molecule has 0 radical (unpaired) electrons. The highest BCUT2D eigenvalue weighted by atomic mass is 35.5. The standard InChI is InChI=1S/C28H31ClN2O2/c1-3-17-30-28(33)26(18-22-10-5-4-6-11-22)31(20-24-12-8-7-9-21(24)2)27(32)19-23-13-15-25(29)16-14-23/h4-16,26H,3,17-20H2,1-2H3,(H,30,33). The van der Waals surface area contributed by atoms with E-state index < -0.39 is 6.04 Å². The molecule has 0 bridgehead atoms. The Morgan fingerprint density at radius 2 is 1.58 bits per heavy atom. The van der Waals surface area contributed by atoms with E-state index in [-0.39, 0.29) is 18.2 Å². The number of nitrogens with one attached hydrogen (secondary N) is 1. The molecule has 1 N–H and O–H groups in total. The lowest BCUT2D eigenvalue weighted by Gasteiger charge is -2.32. The van der Waals surface area contributed by atoms with Crippen molar-refractivity contribution in [1.29, 1.82) is 0 Å². The van der Waals surface area contributed by atoms with Crippen LogP contribution in [0.25, 0.3) is 0 Å². The zero-order valence-electron chi connectivity index (χ0n) is 19.3. The van der Waals surface area contributed by atoms with Gasteiger partial charge in [-0.15, -0.1) is 0 Å². The molecule has 0 fully saturated rings. The van der Waals surface area contributed by atoms with Crippen LogP contribution in [0.3, 0.4) is 0 Å². The number of halogens is 1. The second-order valence-corrected chi connectivity index (χ2v) is 8.68. The van der Waals surface area contributed by atoms with Crippen LogP contribution in [-0.2, 0) is 29.0 Å². The van der Waals surface area contributed by atoms with Crippen LogP contribution in [-0.4, -0.2) is 29.3 Å². The molecule has 0 heterocycles. The average molecular weight is 463 g/mol. The van der Waals surface area contributed by atoms with Crippen molar-refractivity contribution in [2.24, 2.45) is 0 Å². The van der Waals surface area contributed by atoms with Gasteiger partial charge in [0.05, 0.1) is 6.42 Å². The molecule has 0 aromatic heterocycles. The lowest BCUT2D eigenvalue weighted by Crippen LogP contribution is -2.51. The monoisotopic (exact) mass is 462 g/mol. The first-order chi connectivity index (χ1) is 16.0. The van der Waals surface area contributed by atoms with Gasteiger partial charge >= 0.3 is 0 Å².